The number of carbonyl (C=O) groups is 3. The second kappa shape index (κ2) is 6.28. The van der Waals surface area contributed by atoms with E-state index in [4.69, 9.17) is 0 Å². The molecule has 0 atom stereocenters. The molecule has 1 aliphatic heterocycles. The Kier molecular flexibility index (Phi) is 4.67. The Bertz CT molecular complexity index is 593. The fourth-order valence-corrected chi connectivity index (χ4v) is 2.78. The van der Waals surface area contributed by atoms with Gasteiger partial charge >= 0.3 is 0 Å². The van der Waals surface area contributed by atoms with Gasteiger partial charge in [-0.2, -0.15) is 12.6 Å². The van der Waals surface area contributed by atoms with Crippen LogP contribution >= 0.6 is 24.4 Å². The van der Waals surface area contributed by atoms with Gasteiger partial charge in [-0.3, -0.25) is 19.3 Å². The van der Waals surface area contributed by atoms with E-state index >= 15 is 0 Å². The molecule has 0 spiro atoms. The van der Waals surface area contributed by atoms with E-state index in [0.29, 0.717) is 10.7 Å². The zero-order valence-corrected chi connectivity index (χ0v) is 12.5. The summed E-state index contributed by atoms with van der Waals surface area (Å²) in [6.45, 7) is 1.18. The first kappa shape index (κ1) is 14.9. The molecule has 4 nitrogen and oxygen atoms in total. The van der Waals surface area contributed by atoms with Crippen LogP contribution in [0.2, 0.25) is 0 Å². The molecule has 1 aromatic carbocycles. The fraction of sp³-hybridized carbons (Fsp3) is 0.214. The summed E-state index contributed by atoms with van der Waals surface area (Å²) >= 11 is 5.03. The number of nitrogens with zero attached hydrogens (tertiary/aromatic N) is 1. The molecule has 1 heterocycles. The molecule has 2 amide bonds. The molecule has 1 saturated heterocycles. The summed E-state index contributed by atoms with van der Waals surface area (Å²) in [6, 6.07) is 7.56. The molecule has 104 valence electrons. The number of amides is 2. The van der Waals surface area contributed by atoms with Crippen molar-refractivity contribution >= 4 is 47.4 Å². The molecule has 2 rings (SSSR count). The van der Waals surface area contributed by atoms with Crippen molar-refractivity contribution in [1.29, 1.82) is 0 Å². The first-order valence-electron chi connectivity index (χ1n) is 5.96. The van der Waals surface area contributed by atoms with Gasteiger partial charge in [0.15, 0.2) is 0 Å². The van der Waals surface area contributed by atoms with E-state index in [0.717, 1.165) is 27.8 Å². The number of Topliss-reactive ketones (excluding diaryl/α,β-unsaturated/α-hetero) is 1. The Morgan fingerprint density at radius 1 is 1.30 bits per heavy atom. The van der Waals surface area contributed by atoms with Crippen LogP contribution in [0.4, 0.5) is 4.79 Å². The van der Waals surface area contributed by atoms with Crippen LogP contribution in [0.15, 0.2) is 29.2 Å². The van der Waals surface area contributed by atoms with Crippen molar-refractivity contribution < 1.29 is 14.4 Å². The molecule has 1 aromatic rings. The van der Waals surface area contributed by atoms with Gasteiger partial charge in [0.25, 0.3) is 11.1 Å². The Labute approximate surface area is 126 Å². The van der Waals surface area contributed by atoms with Crippen molar-refractivity contribution in [3.63, 3.8) is 0 Å². The Balaban J connectivity index is 2.20. The summed E-state index contributed by atoms with van der Waals surface area (Å²) in [5.41, 5.74) is 1.92. The van der Waals surface area contributed by atoms with Crippen molar-refractivity contribution in [2.45, 2.75) is 12.7 Å². The number of imide groups is 1. The molecule has 0 unspecified atom stereocenters. The van der Waals surface area contributed by atoms with Crippen molar-refractivity contribution in [1.82, 2.24) is 4.90 Å². The number of thiol groups is 1. The van der Waals surface area contributed by atoms with E-state index in [2.05, 4.69) is 12.6 Å². The second-order valence-corrected chi connectivity index (χ2v) is 5.68. The van der Waals surface area contributed by atoms with Gasteiger partial charge in [-0.25, -0.2) is 0 Å². The lowest BCUT2D eigenvalue weighted by Gasteiger charge is -2.08. The Morgan fingerprint density at radius 3 is 2.50 bits per heavy atom. The van der Waals surface area contributed by atoms with Gasteiger partial charge in [-0.05, 0) is 35.9 Å². The van der Waals surface area contributed by atoms with Crippen LogP contribution in [0, 0.1) is 0 Å². The van der Waals surface area contributed by atoms with Gasteiger partial charge in [0.2, 0.25) is 0 Å². The molecule has 0 radical (unpaired) electrons. The van der Waals surface area contributed by atoms with Crippen LogP contribution in [-0.2, 0) is 15.3 Å². The van der Waals surface area contributed by atoms with Crippen molar-refractivity contribution in [2.75, 3.05) is 6.54 Å². The molecule has 1 fully saturated rings. The van der Waals surface area contributed by atoms with Gasteiger partial charge in [-0.1, -0.05) is 24.3 Å². The second-order valence-electron chi connectivity index (χ2n) is 4.37. The predicted molar refractivity (Wildman–Crippen MR) is 82.5 cm³/mol. The average molecular weight is 307 g/mol. The largest absolute Gasteiger partial charge is 0.298 e. The first-order valence-corrected chi connectivity index (χ1v) is 7.41. The maximum Gasteiger partial charge on any atom is 0.293 e. The summed E-state index contributed by atoms with van der Waals surface area (Å²) < 4.78 is 0. The predicted octanol–water partition coefficient (Wildman–Crippen LogP) is 2.74. The number of carbonyl (C=O) groups excluding carboxylic acids is 3. The van der Waals surface area contributed by atoms with Crippen molar-refractivity contribution in [2.24, 2.45) is 0 Å². The molecule has 0 saturated carbocycles. The quantitative estimate of drug-likeness (QED) is 0.686. The van der Waals surface area contributed by atoms with Gasteiger partial charge in [-0.15, -0.1) is 0 Å². The highest BCUT2D eigenvalue weighted by atomic mass is 32.2. The number of rotatable bonds is 4. The van der Waals surface area contributed by atoms with E-state index in [1.165, 1.54) is 6.92 Å². The zero-order valence-electron chi connectivity index (χ0n) is 10.8. The fourth-order valence-electron chi connectivity index (χ4n) is 1.73. The van der Waals surface area contributed by atoms with Gasteiger partial charge in [0.1, 0.15) is 5.78 Å². The topological polar surface area (TPSA) is 54.5 Å². The van der Waals surface area contributed by atoms with Gasteiger partial charge in [0.05, 0.1) is 11.4 Å². The first-order chi connectivity index (χ1) is 9.51. The summed E-state index contributed by atoms with van der Waals surface area (Å²) in [7, 11) is 0. The lowest BCUT2D eigenvalue weighted by molar-refractivity contribution is -0.127. The Hall–Kier alpha value is -1.53. The smallest absolute Gasteiger partial charge is 0.293 e. The van der Waals surface area contributed by atoms with E-state index in [9.17, 15) is 14.4 Å². The average Bonchev–Trinajstić information content (AvgIpc) is 2.67. The minimum Gasteiger partial charge on any atom is -0.298 e. The lowest BCUT2D eigenvalue weighted by Crippen LogP contribution is -2.32. The summed E-state index contributed by atoms with van der Waals surface area (Å²) in [6.07, 6.45) is 1.66. The van der Waals surface area contributed by atoms with E-state index < -0.39 is 11.1 Å². The molecule has 0 aliphatic carbocycles. The van der Waals surface area contributed by atoms with Crippen LogP contribution in [0.1, 0.15) is 18.1 Å². The van der Waals surface area contributed by atoms with Crippen LogP contribution in [0.25, 0.3) is 6.08 Å². The molecular formula is C14H13NO3S2. The third-order valence-electron chi connectivity index (χ3n) is 2.71. The van der Waals surface area contributed by atoms with E-state index in [-0.39, 0.29) is 12.3 Å². The maximum absolute atomic E-state index is 12.0. The molecule has 20 heavy (non-hydrogen) atoms. The maximum atomic E-state index is 12.0. The third-order valence-corrected chi connectivity index (χ3v) is 3.99. The number of hydrogen-bond donors (Lipinski definition) is 1. The molecule has 1 aliphatic rings. The molecule has 0 aromatic heterocycles. The standard InChI is InChI=1S/C14H13NO3S2/c1-9(16)7-15-13(17)12(20-14(15)18)6-10-2-4-11(8-19)5-3-10/h2-6,19H,7-8H2,1H3/b12-6-. The van der Waals surface area contributed by atoms with Crippen LogP contribution in [-0.4, -0.2) is 28.4 Å². The van der Waals surface area contributed by atoms with Crippen LogP contribution in [0.3, 0.4) is 0 Å². The Morgan fingerprint density at radius 2 is 1.95 bits per heavy atom. The zero-order chi connectivity index (χ0) is 14.7. The van der Waals surface area contributed by atoms with Crippen molar-refractivity contribution in [3.8, 4) is 0 Å². The SMILES string of the molecule is CC(=O)CN1C(=O)S/C(=C\c2ccc(CS)cc2)C1=O. The minimum absolute atomic E-state index is 0.166. The highest BCUT2D eigenvalue weighted by Gasteiger charge is 2.35. The minimum atomic E-state index is -0.409. The molecular weight excluding hydrogens is 294 g/mol. The molecule has 0 N–H and O–H groups in total. The van der Waals surface area contributed by atoms with Crippen LogP contribution in [0.5, 0.6) is 0 Å². The summed E-state index contributed by atoms with van der Waals surface area (Å²) in [5, 5.41) is -0.400. The third kappa shape index (κ3) is 3.32. The number of benzene rings is 1. The van der Waals surface area contributed by atoms with Crippen molar-refractivity contribution in [3.05, 3.63) is 40.3 Å². The van der Waals surface area contributed by atoms with Gasteiger partial charge < -0.3 is 0 Å². The van der Waals surface area contributed by atoms with Crippen LogP contribution < -0.4 is 0 Å². The lowest BCUT2D eigenvalue weighted by atomic mass is 10.1. The highest BCUT2D eigenvalue weighted by molar-refractivity contribution is 8.18. The monoisotopic (exact) mass is 307 g/mol. The molecule has 0 bridgehead atoms. The number of thioether (sulfide) groups is 1. The van der Waals surface area contributed by atoms with E-state index in [1.54, 1.807) is 6.08 Å². The summed E-state index contributed by atoms with van der Waals surface area (Å²) in [4.78, 5) is 36.1. The van der Waals surface area contributed by atoms with E-state index in [1.807, 2.05) is 24.3 Å². The number of hydrogen-bond acceptors (Lipinski definition) is 5. The molecule has 6 heteroatoms. The normalized spacial score (nSPS) is 17.1. The highest BCUT2D eigenvalue weighted by Crippen LogP contribution is 2.32. The summed E-state index contributed by atoms with van der Waals surface area (Å²) in [5.74, 6) is 0.0234. The number of ketones is 1. The van der Waals surface area contributed by atoms with Gasteiger partial charge in [0, 0.05) is 5.75 Å².